The first-order chi connectivity index (χ1) is 13.9. The second kappa shape index (κ2) is 9.59. The van der Waals surface area contributed by atoms with Crippen molar-refractivity contribution in [1.29, 1.82) is 0 Å². The molecular weight excluding hydrogens is 407 g/mol. The molecule has 0 atom stereocenters. The molecule has 0 bridgehead atoms. The number of hydrogen-bond donors (Lipinski definition) is 1. The Hall–Kier alpha value is -2.82. The van der Waals surface area contributed by atoms with E-state index in [1.807, 2.05) is 56.3 Å². The van der Waals surface area contributed by atoms with E-state index >= 15 is 0 Å². The highest BCUT2D eigenvalue weighted by molar-refractivity contribution is 6.32. The first-order valence-electron chi connectivity index (χ1n) is 9.00. The van der Waals surface area contributed by atoms with Crippen molar-refractivity contribution < 1.29 is 9.53 Å². The van der Waals surface area contributed by atoms with Gasteiger partial charge in [0.25, 0.3) is 5.91 Å². The third kappa shape index (κ3) is 6.08. The maximum atomic E-state index is 12.1. The summed E-state index contributed by atoms with van der Waals surface area (Å²) in [5.41, 5.74) is 4.21. The molecule has 0 spiro atoms. The van der Waals surface area contributed by atoms with E-state index in [2.05, 4.69) is 10.3 Å². The summed E-state index contributed by atoms with van der Waals surface area (Å²) in [6.07, 6.45) is 1.72. The van der Waals surface area contributed by atoms with E-state index < -0.39 is 0 Å². The van der Waals surface area contributed by atoms with Crippen molar-refractivity contribution in [3.63, 3.8) is 0 Å². The number of rotatable bonds is 6. The lowest BCUT2D eigenvalue weighted by Crippen LogP contribution is -2.20. The quantitative estimate of drug-likeness (QED) is 0.464. The fraction of sp³-hybridized carbons (Fsp3) is 0.130. The van der Waals surface area contributed by atoms with E-state index in [1.54, 1.807) is 24.4 Å². The van der Waals surface area contributed by atoms with Gasteiger partial charge in [0, 0.05) is 21.9 Å². The number of halogens is 2. The van der Waals surface area contributed by atoms with Crippen LogP contribution in [0.25, 0.3) is 0 Å². The minimum atomic E-state index is -0.265. The molecule has 29 heavy (non-hydrogen) atoms. The van der Waals surface area contributed by atoms with E-state index in [0.717, 1.165) is 22.4 Å². The molecule has 3 aromatic rings. The third-order valence-electron chi connectivity index (χ3n) is 4.20. The predicted molar refractivity (Wildman–Crippen MR) is 120 cm³/mol. The Morgan fingerprint density at radius 1 is 1.00 bits per heavy atom. The third-order valence-corrected chi connectivity index (χ3v) is 5.02. The Morgan fingerprint density at radius 2 is 1.72 bits per heavy atom. The van der Waals surface area contributed by atoms with E-state index in [9.17, 15) is 4.79 Å². The number of hydrogen-bond acceptors (Lipinski definition) is 3. The fourth-order valence-electron chi connectivity index (χ4n) is 2.51. The summed E-state index contributed by atoms with van der Waals surface area (Å²) >= 11 is 12.2. The van der Waals surface area contributed by atoms with Crippen LogP contribution in [0.15, 0.2) is 65.7 Å². The van der Waals surface area contributed by atoms with Gasteiger partial charge in [-0.2, -0.15) is 0 Å². The molecule has 4 nitrogen and oxygen atoms in total. The summed E-state index contributed by atoms with van der Waals surface area (Å²) in [6.45, 7) is 3.74. The molecule has 1 N–H and O–H groups in total. The number of amides is 1. The van der Waals surface area contributed by atoms with Crippen LogP contribution in [0.4, 0.5) is 11.4 Å². The largest absolute Gasteiger partial charge is 0.484 e. The molecule has 0 aliphatic heterocycles. The second-order valence-electron chi connectivity index (χ2n) is 6.56. The molecule has 0 heterocycles. The van der Waals surface area contributed by atoms with Crippen LogP contribution in [0.1, 0.15) is 16.7 Å². The number of ether oxygens (including phenoxy) is 1. The number of nitrogens with zero attached hydrogens (tertiary/aromatic N) is 1. The predicted octanol–water partition coefficient (Wildman–Crippen LogP) is 6.38. The Kier molecular flexibility index (Phi) is 6.91. The van der Waals surface area contributed by atoms with Crippen LogP contribution in [0.5, 0.6) is 5.75 Å². The van der Waals surface area contributed by atoms with Gasteiger partial charge in [-0.05, 0) is 66.9 Å². The number of carbonyl (C=O) groups is 1. The summed E-state index contributed by atoms with van der Waals surface area (Å²) in [6, 6.07) is 18.4. The average Bonchev–Trinajstić information content (AvgIpc) is 2.70. The molecule has 0 unspecified atom stereocenters. The van der Waals surface area contributed by atoms with Crippen LogP contribution in [-0.4, -0.2) is 18.7 Å². The summed E-state index contributed by atoms with van der Waals surface area (Å²) in [5, 5.41) is 4.04. The highest BCUT2D eigenvalue weighted by atomic mass is 35.5. The van der Waals surface area contributed by atoms with Crippen LogP contribution >= 0.6 is 23.2 Å². The van der Waals surface area contributed by atoms with Gasteiger partial charge in [0.2, 0.25) is 0 Å². The van der Waals surface area contributed by atoms with Gasteiger partial charge >= 0.3 is 0 Å². The molecule has 0 saturated carbocycles. The SMILES string of the molecule is Cc1ccc(N=Cc2cccc(OCC(=O)Nc3ccc(C)c(Cl)c3)c2)cc1Cl. The molecule has 0 radical (unpaired) electrons. The van der Waals surface area contributed by atoms with E-state index in [-0.39, 0.29) is 12.5 Å². The molecular formula is C23H20Cl2N2O2. The van der Waals surface area contributed by atoms with Crippen molar-refractivity contribution >= 4 is 46.7 Å². The van der Waals surface area contributed by atoms with Crippen LogP contribution in [0.3, 0.4) is 0 Å². The first kappa shape index (κ1) is 20.9. The monoisotopic (exact) mass is 426 g/mol. The molecule has 0 aromatic heterocycles. The summed E-state index contributed by atoms with van der Waals surface area (Å²) in [7, 11) is 0. The second-order valence-corrected chi connectivity index (χ2v) is 7.38. The Balaban J connectivity index is 1.59. The first-order valence-corrected chi connectivity index (χ1v) is 9.75. The van der Waals surface area contributed by atoms with E-state index in [0.29, 0.717) is 21.5 Å². The van der Waals surface area contributed by atoms with E-state index in [1.165, 1.54) is 0 Å². The highest BCUT2D eigenvalue weighted by Gasteiger charge is 2.06. The van der Waals surface area contributed by atoms with Gasteiger partial charge < -0.3 is 10.1 Å². The number of anilines is 1. The Morgan fingerprint density at radius 3 is 2.45 bits per heavy atom. The maximum absolute atomic E-state index is 12.1. The summed E-state index contributed by atoms with van der Waals surface area (Å²) in [4.78, 5) is 16.5. The summed E-state index contributed by atoms with van der Waals surface area (Å²) in [5.74, 6) is 0.311. The van der Waals surface area contributed by atoms with Gasteiger partial charge in [-0.3, -0.25) is 9.79 Å². The Bertz CT molecular complexity index is 1060. The van der Waals surface area contributed by atoms with Crippen molar-refractivity contribution in [2.75, 3.05) is 11.9 Å². The number of aliphatic imine (C=N–C) groups is 1. The highest BCUT2D eigenvalue weighted by Crippen LogP contribution is 2.22. The van der Waals surface area contributed by atoms with Crippen LogP contribution in [-0.2, 0) is 4.79 Å². The summed E-state index contributed by atoms with van der Waals surface area (Å²) < 4.78 is 5.59. The van der Waals surface area contributed by atoms with Gasteiger partial charge in [0.05, 0.1) is 5.69 Å². The zero-order chi connectivity index (χ0) is 20.8. The van der Waals surface area contributed by atoms with Gasteiger partial charge in [0.15, 0.2) is 6.61 Å². The zero-order valence-corrected chi connectivity index (χ0v) is 17.6. The Labute approximate surface area is 180 Å². The molecule has 6 heteroatoms. The maximum Gasteiger partial charge on any atom is 0.262 e. The zero-order valence-electron chi connectivity index (χ0n) is 16.1. The van der Waals surface area contributed by atoms with Gasteiger partial charge in [-0.1, -0.05) is 47.5 Å². The topological polar surface area (TPSA) is 50.7 Å². The minimum Gasteiger partial charge on any atom is -0.484 e. The van der Waals surface area contributed by atoms with Crippen molar-refractivity contribution in [2.45, 2.75) is 13.8 Å². The van der Waals surface area contributed by atoms with Gasteiger partial charge in [-0.25, -0.2) is 0 Å². The fourth-order valence-corrected chi connectivity index (χ4v) is 2.87. The molecule has 148 valence electrons. The normalized spacial score (nSPS) is 10.9. The van der Waals surface area contributed by atoms with Crippen LogP contribution in [0, 0.1) is 13.8 Å². The van der Waals surface area contributed by atoms with Crippen molar-refractivity contribution in [1.82, 2.24) is 0 Å². The number of nitrogens with one attached hydrogen (secondary N) is 1. The van der Waals surface area contributed by atoms with Crippen molar-refractivity contribution in [3.8, 4) is 5.75 Å². The molecule has 0 fully saturated rings. The number of carbonyl (C=O) groups excluding carboxylic acids is 1. The number of aryl methyl sites for hydroxylation is 2. The molecule has 3 rings (SSSR count). The lowest BCUT2D eigenvalue weighted by Gasteiger charge is -2.09. The van der Waals surface area contributed by atoms with Crippen LogP contribution < -0.4 is 10.1 Å². The minimum absolute atomic E-state index is 0.111. The standard InChI is InChI=1S/C23H20Cl2N2O2/c1-15-6-8-18(11-21(15)24)26-13-17-4-3-5-20(10-17)29-14-23(28)27-19-9-7-16(2)22(25)12-19/h3-13H,14H2,1-2H3,(H,27,28). The van der Waals surface area contributed by atoms with Gasteiger partial charge in [-0.15, -0.1) is 0 Å². The molecule has 3 aromatic carbocycles. The van der Waals surface area contributed by atoms with Crippen molar-refractivity contribution in [3.05, 3.63) is 87.4 Å². The van der Waals surface area contributed by atoms with Gasteiger partial charge in [0.1, 0.15) is 5.75 Å². The lowest BCUT2D eigenvalue weighted by atomic mass is 10.2. The smallest absolute Gasteiger partial charge is 0.262 e. The molecule has 1 amide bonds. The lowest BCUT2D eigenvalue weighted by molar-refractivity contribution is -0.118. The van der Waals surface area contributed by atoms with Crippen molar-refractivity contribution in [2.24, 2.45) is 4.99 Å². The molecule has 0 aliphatic rings. The number of benzene rings is 3. The molecule has 0 saturated heterocycles. The van der Waals surface area contributed by atoms with Crippen LogP contribution in [0.2, 0.25) is 10.0 Å². The van der Waals surface area contributed by atoms with E-state index in [4.69, 9.17) is 27.9 Å². The average molecular weight is 427 g/mol. The molecule has 0 aliphatic carbocycles.